The third kappa shape index (κ3) is 1.96. The van der Waals surface area contributed by atoms with E-state index >= 15 is 0 Å². The number of ether oxygens (including phenoxy) is 1. The van der Waals surface area contributed by atoms with Gasteiger partial charge in [-0.25, -0.2) is 4.98 Å². The lowest BCUT2D eigenvalue weighted by Gasteiger charge is -2.04. The lowest BCUT2D eigenvalue weighted by atomic mass is 10.0. The smallest absolute Gasteiger partial charge is 0.197 e. The van der Waals surface area contributed by atoms with Gasteiger partial charge in [0.05, 0.1) is 0 Å². The number of benzene rings is 1. The fraction of sp³-hybridized carbons (Fsp3) is 0.231. The molecule has 0 fully saturated rings. The Morgan fingerprint density at radius 1 is 1.41 bits per heavy atom. The largest absolute Gasteiger partial charge is 0.490 e. The fourth-order valence-corrected chi connectivity index (χ4v) is 2.30. The SMILES string of the molecule is CC1Cc2cc(-c3ccnc(=S)[nH]3)ccc2O1. The summed E-state index contributed by atoms with van der Waals surface area (Å²) in [5.74, 6) is 0.994. The van der Waals surface area contributed by atoms with Gasteiger partial charge in [0.1, 0.15) is 11.9 Å². The third-order valence-corrected chi connectivity index (χ3v) is 3.09. The summed E-state index contributed by atoms with van der Waals surface area (Å²) in [7, 11) is 0. The first-order chi connectivity index (χ1) is 8.22. The Labute approximate surface area is 104 Å². The maximum atomic E-state index is 5.68. The molecule has 1 aliphatic rings. The zero-order valence-electron chi connectivity index (χ0n) is 9.43. The molecular formula is C13H12N2OS. The van der Waals surface area contributed by atoms with Crippen LogP contribution in [-0.4, -0.2) is 16.1 Å². The highest BCUT2D eigenvalue weighted by Crippen LogP contribution is 2.32. The lowest BCUT2D eigenvalue weighted by molar-refractivity contribution is 0.254. The minimum absolute atomic E-state index is 0.274. The maximum absolute atomic E-state index is 5.68. The van der Waals surface area contributed by atoms with Crippen LogP contribution in [0.3, 0.4) is 0 Å². The van der Waals surface area contributed by atoms with Gasteiger partial charge in [0.15, 0.2) is 4.77 Å². The van der Waals surface area contributed by atoms with E-state index in [9.17, 15) is 0 Å². The molecule has 1 aliphatic heterocycles. The molecule has 1 aromatic carbocycles. The number of rotatable bonds is 1. The molecule has 0 saturated carbocycles. The van der Waals surface area contributed by atoms with E-state index in [0.29, 0.717) is 4.77 Å². The molecule has 3 nitrogen and oxygen atoms in total. The number of aromatic nitrogens is 2. The summed E-state index contributed by atoms with van der Waals surface area (Å²) in [5.41, 5.74) is 3.37. The van der Waals surface area contributed by atoms with Crippen LogP contribution in [0.2, 0.25) is 0 Å². The van der Waals surface area contributed by atoms with Crippen molar-refractivity contribution in [1.29, 1.82) is 0 Å². The molecule has 0 saturated heterocycles. The predicted molar refractivity (Wildman–Crippen MR) is 68.7 cm³/mol. The van der Waals surface area contributed by atoms with Crippen LogP contribution >= 0.6 is 12.2 Å². The van der Waals surface area contributed by atoms with Crippen LogP contribution < -0.4 is 4.74 Å². The average Bonchev–Trinajstić information content (AvgIpc) is 2.68. The van der Waals surface area contributed by atoms with Crippen LogP contribution in [0.25, 0.3) is 11.3 Å². The topological polar surface area (TPSA) is 37.9 Å². The average molecular weight is 244 g/mol. The molecule has 3 rings (SSSR count). The Morgan fingerprint density at radius 3 is 3.12 bits per heavy atom. The molecule has 4 heteroatoms. The Balaban J connectivity index is 2.06. The summed E-state index contributed by atoms with van der Waals surface area (Å²) in [5, 5.41) is 0. The normalized spacial score (nSPS) is 17.6. The van der Waals surface area contributed by atoms with E-state index in [0.717, 1.165) is 23.4 Å². The van der Waals surface area contributed by atoms with Gasteiger partial charge in [-0.3, -0.25) is 0 Å². The van der Waals surface area contributed by atoms with E-state index < -0.39 is 0 Å². The standard InChI is InChI=1S/C13H12N2OS/c1-8-6-10-7-9(2-3-12(10)16-8)11-4-5-14-13(17)15-11/h2-5,7-8H,6H2,1H3,(H,14,15,17). The number of nitrogens with zero attached hydrogens (tertiary/aromatic N) is 1. The van der Waals surface area contributed by atoms with Crippen molar-refractivity contribution in [3.05, 3.63) is 40.8 Å². The summed E-state index contributed by atoms with van der Waals surface area (Å²) in [6.45, 7) is 2.08. The van der Waals surface area contributed by atoms with Crippen molar-refractivity contribution in [2.75, 3.05) is 0 Å². The quantitative estimate of drug-likeness (QED) is 0.783. The number of fused-ring (bicyclic) bond motifs is 1. The van der Waals surface area contributed by atoms with Crippen LogP contribution in [0.15, 0.2) is 30.5 Å². The lowest BCUT2D eigenvalue weighted by Crippen LogP contribution is -2.05. The fourth-order valence-electron chi connectivity index (χ4n) is 2.13. The molecule has 17 heavy (non-hydrogen) atoms. The van der Waals surface area contributed by atoms with E-state index in [1.54, 1.807) is 6.20 Å². The minimum Gasteiger partial charge on any atom is -0.490 e. The van der Waals surface area contributed by atoms with Gasteiger partial charge in [-0.15, -0.1) is 0 Å². The van der Waals surface area contributed by atoms with E-state index in [-0.39, 0.29) is 6.10 Å². The third-order valence-electron chi connectivity index (χ3n) is 2.88. The Kier molecular flexibility index (Phi) is 2.44. The van der Waals surface area contributed by atoms with E-state index in [1.165, 1.54) is 5.56 Å². The summed E-state index contributed by atoms with van der Waals surface area (Å²) in [6, 6.07) is 8.14. The molecule has 1 unspecified atom stereocenters. The van der Waals surface area contributed by atoms with Crippen LogP contribution in [0.4, 0.5) is 0 Å². The molecular weight excluding hydrogens is 232 g/mol. The van der Waals surface area contributed by atoms with Crippen molar-refractivity contribution in [2.24, 2.45) is 0 Å². The van der Waals surface area contributed by atoms with Crippen LogP contribution in [0.1, 0.15) is 12.5 Å². The number of hydrogen-bond acceptors (Lipinski definition) is 3. The van der Waals surface area contributed by atoms with Gasteiger partial charge in [0.2, 0.25) is 0 Å². The Hall–Kier alpha value is -1.68. The molecule has 1 aromatic heterocycles. The predicted octanol–water partition coefficient (Wildman–Crippen LogP) is 3.13. The molecule has 86 valence electrons. The summed E-state index contributed by atoms with van der Waals surface area (Å²) < 4.78 is 6.19. The molecule has 0 radical (unpaired) electrons. The van der Waals surface area contributed by atoms with Gasteiger partial charge < -0.3 is 9.72 Å². The van der Waals surface area contributed by atoms with Crippen molar-refractivity contribution in [3.8, 4) is 17.0 Å². The van der Waals surface area contributed by atoms with Crippen molar-refractivity contribution in [3.63, 3.8) is 0 Å². The summed E-state index contributed by atoms with van der Waals surface area (Å²) in [4.78, 5) is 7.07. The molecule has 2 aromatic rings. The van der Waals surface area contributed by atoms with Gasteiger partial charge in [0, 0.05) is 18.3 Å². The molecule has 0 bridgehead atoms. The molecule has 2 heterocycles. The summed E-state index contributed by atoms with van der Waals surface area (Å²) in [6.07, 6.45) is 2.96. The zero-order chi connectivity index (χ0) is 11.8. The van der Waals surface area contributed by atoms with Crippen molar-refractivity contribution >= 4 is 12.2 Å². The first-order valence-electron chi connectivity index (χ1n) is 5.57. The Bertz CT molecular complexity index is 621. The second-order valence-electron chi connectivity index (χ2n) is 4.24. The van der Waals surface area contributed by atoms with E-state index in [4.69, 9.17) is 17.0 Å². The highest BCUT2D eigenvalue weighted by molar-refractivity contribution is 7.71. The first kappa shape index (κ1) is 10.5. The van der Waals surface area contributed by atoms with Crippen LogP contribution in [0, 0.1) is 4.77 Å². The van der Waals surface area contributed by atoms with Crippen LogP contribution in [-0.2, 0) is 6.42 Å². The summed E-state index contributed by atoms with van der Waals surface area (Å²) >= 11 is 5.03. The number of hydrogen-bond donors (Lipinski definition) is 1. The van der Waals surface area contributed by atoms with Gasteiger partial charge in [0.25, 0.3) is 0 Å². The van der Waals surface area contributed by atoms with Crippen molar-refractivity contribution in [1.82, 2.24) is 9.97 Å². The molecule has 0 aliphatic carbocycles. The monoisotopic (exact) mass is 244 g/mol. The van der Waals surface area contributed by atoms with Gasteiger partial charge in [-0.2, -0.15) is 0 Å². The minimum atomic E-state index is 0.274. The molecule has 0 spiro atoms. The second kappa shape index (κ2) is 3.96. The molecule has 1 atom stereocenters. The first-order valence-corrected chi connectivity index (χ1v) is 5.98. The molecule has 0 amide bonds. The number of H-pyrrole nitrogens is 1. The number of nitrogens with one attached hydrogen (secondary N) is 1. The Morgan fingerprint density at radius 2 is 2.29 bits per heavy atom. The second-order valence-corrected chi connectivity index (χ2v) is 4.63. The zero-order valence-corrected chi connectivity index (χ0v) is 10.3. The highest BCUT2D eigenvalue weighted by Gasteiger charge is 2.19. The number of aromatic amines is 1. The van der Waals surface area contributed by atoms with Gasteiger partial charge in [-0.1, -0.05) is 0 Å². The van der Waals surface area contributed by atoms with Crippen LogP contribution in [0.5, 0.6) is 5.75 Å². The van der Waals surface area contributed by atoms with Gasteiger partial charge in [-0.05, 0) is 54.5 Å². The van der Waals surface area contributed by atoms with Crippen molar-refractivity contribution in [2.45, 2.75) is 19.4 Å². The van der Waals surface area contributed by atoms with E-state index in [1.807, 2.05) is 18.2 Å². The highest BCUT2D eigenvalue weighted by atomic mass is 32.1. The maximum Gasteiger partial charge on any atom is 0.197 e. The van der Waals surface area contributed by atoms with E-state index in [2.05, 4.69) is 23.0 Å². The molecule has 1 N–H and O–H groups in total. The van der Waals surface area contributed by atoms with Crippen molar-refractivity contribution < 1.29 is 4.74 Å². The van der Waals surface area contributed by atoms with Gasteiger partial charge >= 0.3 is 0 Å².